The molecule has 0 aliphatic heterocycles. The van der Waals surface area contributed by atoms with Crippen molar-refractivity contribution < 1.29 is 23.9 Å². The number of ether oxygens (including phenoxy) is 2. The molecule has 0 aliphatic carbocycles. The number of hydrogen-bond donors (Lipinski definition) is 2. The van der Waals surface area contributed by atoms with Crippen LogP contribution in [0.5, 0.6) is 5.75 Å². The van der Waals surface area contributed by atoms with Crippen LogP contribution in [0.4, 0.5) is 4.79 Å². The van der Waals surface area contributed by atoms with Gasteiger partial charge >= 0.3 is 12.0 Å². The van der Waals surface area contributed by atoms with Crippen LogP contribution in [0.15, 0.2) is 18.2 Å². The Morgan fingerprint density at radius 1 is 1.24 bits per heavy atom. The zero-order valence-corrected chi connectivity index (χ0v) is 15.7. The second-order valence-electron chi connectivity index (χ2n) is 6.55. The summed E-state index contributed by atoms with van der Waals surface area (Å²) in [6.07, 6.45) is -1.14. The summed E-state index contributed by atoms with van der Waals surface area (Å²) in [4.78, 5) is 35.2. The van der Waals surface area contributed by atoms with E-state index in [2.05, 4.69) is 10.6 Å². The van der Waals surface area contributed by atoms with Gasteiger partial charge in [-0.05, 0) is 52.3 Å². The molecule has 1 aromatic carbocycles. The van der Waals surface area contributed by atoms with Gasteiger partial charge in [0.15, 0.2) is 12.7 Å². The SMILES string of the molecule is Cc1ccc(Cl)c(OCC(=O)O[C@H](C)C(=O)NC(=O)NC(C)(C)C)c1. The van der Waals surface area contributed by atoms with Gasteiger partial charge in [-0.25, -0.2) is 9.59 Å². The Labute approximate surface area is 152 Å². The predicted octanol–water partition coefficient (Wildman–Crippen LogP) is 2.58. The van der Waals surface area contributed by atoms with Gasteiger partial charge in [-0.1, -0.05) is 17.7 Å². The van der Waals surface area contributed by atoms with Crippen LogP contribution in [-0.2, 0) is 14.3 Å². The van der Waals surface area contributed by atoms with Crippen LogP contribution in [0.25, 0.3) is 0 Å². The van der Waals surface area contributed by atoms with Gasteiger partial charge in [-0.2, -0.15) is 0 Å². The van der Waals surface area contributed by atoms with Crippen LogP contribution < -0.4 is 15.4 Å². The van der Waals surface area contributed by atoms with E-state index in [0.29, 0.717) is 10.8 Å². The largest absolute Gasteiger partial charge is 0.480 e. The summed E-state index contributed by atoms with van der Waals surface area (Å²) < 4.78 is 10.2. The van der Waals surface area contributed by atoms with E-state index in [1.54, 1.807) is 32.9 Å². The summed E-state index contributed by atoms with van der Waals surface area (Å²) in [7, 11) is 0. The van der Waals surface area contributed by atoms with E-state index in [9.17, 15) is 14.4 Å². The van der Waals surface area contributed by atoms with E-state index < -0.39 is 36.2 Å². The van der Waals surface area contributed by atoms with E-state index in [0.717, 1.165) is 5.56 Å². The molecule has 1 rings (SSSR count). The molecule has 1 aromatic rings. The van der Waals surface area contributed by atoms with Crippen LogP contribution in [0.3, 0.4) is 0 Å². The number of nitrogens with one attached hydrogen (secondary N) is 2. The third-order valence-electron chi connectivity index (χ3n) is 2.83. The van der Waals surface area contributed by atoms with Crippen molar-refractivity contribution in [3.63, 3.8) is 0 Å². The summed E-state index contributed by atoms with van der Waals surface area (Å²) in [6.45, 7) is 8.12. The van der Waals surface area contributed by atoms with Crippen molar-refractivity contribution in [2.45, 2.75) is 46.3 Å². The van der Waals surface area contributed by atoms with Crippen molar-refractivity contribution in [1.29, 1.82) is 0 Å². The molecule has 7 nitrogen and oxygen atoms in total. The molecule has 0 radical (unpaired) electrons. The average Bonchev–Trinajstić information content (AvgIpc) is 2.46. The van der Waals surface area contributed by atoms with Gasteiger partial charge in [0.2, 0.25) is 0 Å². The topological polar surface area (TPSA) is 93.7 Å². The molecule has 0 bridgehead atoms. The molecule has 0 aliphatic rings. The third-order valence-corrected chi connectivity index (χ3v) is 3.15. The Morgan fingerprint density at radius 2 is 1.88 bits per heavy atom. The molecule has 3 amide bonds. The lowest BCUT2D eigenvalue weighted by Gasteiger charge is -2.21. The number of carbonyl (C=O) groups is 3. The number of esters is 1. The lowest BCUT2D eigenvalue weighted by Crippen LogP contribution is -2.50. The molecule has 8 heteroatoms. The van der Waals surface area contributed by atoms with E-state index in [4.69, 9.17) is 21.1 Å². The number of amides is 3. The van der Waals surface area contributed by atoms with Crippen molar-refractivity contribution in [2.75, 3.05) is 6.61 Å². The number of rotatable bonds is 5. The molecule has 0 saturated heterocycles. The first-order valence-electron chi connectivity index (χ1n) is 7.69. The zero-order chi connectivity index (χ0) is 19.2. The summed E-state index contributed by atoms with van der Waals surface area (Å²) in [5.41, 5.74) is 0.427. The van der Waals surface area contributed by atoms with E-state index in [-0.39, 0.29) is 0 Å². The maximum Gasteiger partial charge on any atom is 0.344 e. The van der Waals surface area contributed by atoms with Gasteiger partial charge in [0.25, 0.3) is 5.91 Å². The van der Waals surface area contributed by atoms with Crippen molar-refractivity contribution >= 4 is 29.5 Å². The Morgan fingerprint density at radius 3 is 2.48 bits per heavy atom. The Hall–Kier alpha value is -2.28. The average molecular weight is 371 g/mol. The highest BCUT2D eigenvalue weighted by molar-refractivity contribution is 6.32. The molecule has 0 saturated carbocycles. The minimum absolute atomic E-state index is 0.347. The molecule has 25 heavy (non-hydrogen) atoms. The summed E-state index contributed by atoms with van der Waals surface area (Å²) in [5.74, 6) is -1.14. The first kappa shape index (κ1) is 20.8. The highest BCUT2D eigenvalue weighted by atomic mass is 35.5. The minimum atomic E-state index is -1.14. The van der Waals surface area contributed by atoms with Crippen LogP contribution in [-0.4, -0.2) is 36.2 Å². The quantitative estimate of drug-likeness (QED) is 0.777. The number of benzene rings is 1. The van der Waals surface area contributed by atoms with Crippen LogP contribution >= 0.6 is 11.6 Å². The number of hydrogen-bond acceptors (Lipinski definition) is 5. The predicted molar refractivity (Wildman–Crippen MR) is 93.7 cm³/mol. The van der Waals surface area contributed by atoms with Gasteiger partial charge in [0.1, 0.15) is 5.75 Å². The van der Waals surface area contributed by atoms with Crippen molar-refractivity contribution in [1.82, 2.24) is 10.6 Å². The van der Waals surface area contributed by atoms with Crippen LogP contribution in [0.1, 0.15) is 33.3 Å². The maximum absolute atomic E-state index is 11.8. The number of aryl methyl sites for hydroxylation is 1. The Bertz CT molecular complexity index is 655. The summed E-state index contributed by atoms with van der Waals surface area (Å²) >= 11 is 5.96. The standard InChI is InChI=1S/C17H23ClN2O5/c1-10-6-7-12(18)13(8-10)24-9-14(21)25-11(2)15(22)19-16(23)20-17(3,4)5/h6-8,11H,9H2,1-5H3,(H2,19,20,22,23)/t11-/m1/s1. The summed E-state index contributed by atoms with van der Waals surface area (Å²) in [6, 6.07) is 4.48. The zero-order valence-electron chi connectivity index (χ0n) is 14.9. The first-order valence-corrected chi connectivity index (χ1v) is 8.07. The lowest BCUT2D eigenvalue weighted by atomic mass is 10.1. The molecular weight excluding hydrogens is 348 g/mol. The Balaban J connectivity index is 2.46. The van der Waals surface area contributed by atoms with Gasteiger partial charge < -0.3 is 14.8 Å². The second-order valence-corrected chi connectivity index (χ2v) is 6.96. The fraction of sp³-hybridized carbons (Fsp3) is 0.471. The minimum Gasteiger partial charge on any atom is -0.480 e. The number of imide groups is 1. The fourth-order valence-electron chi connectivity index (χ4n) is 1.73. The molecule has 0 aromatic heterocycles. The van der Waals surface area contributed by atoms with Gasteiger partial charge in [-0.3, -0.25) is 10.1 Å². The van der Waals surface area contributed by atoms with Gasteiger partial charge in [0, 0.05) is 5.54 Å². The summed E-state index contributed by atoms with van der Waals surface area (Å²) in [5, 5.41) is 5.03. The normalized spacial score (nSPS) is 12.1. The number of urea groups is 1. The van der Waals surface area contributed by atoms with Crippen molar-refractivity contribution in [2.24, 2.45) is 0 Å². The Kier molecular flexibility index (Phi) is 7.23. The van der Waals surface area contributed by atoms with Gasteiger partial charge in [-0.15, -0.1) is 0 Å². The molecule has 2 N–H and O–H groups in total. The van der Waals surface area contributed by atoms with Gasteiger partial charge in [0.05, 0.1) is 5.02 Å². The first-order chi connectivity index (χ1) is 11.5. The molecule has 1 atom stereocenters. The molecular formula is C17H23ClN2O5. The third kappa shape index (κ3) is 7.89. The van der Waals surface area contributed by atoms with E-state index in [1.807, 2.05) is 13.0 Å². The maximum atomic E-state index is 11.8. The van der Waals surface area contributed by atoms with Crippen molar-refractivity contribution in [3.05, 3.63) is 28.8 Å². The number of halogens is 1. The highest BCUT2D eigenvalue weighted by Crippen LogP contribution is 2.25. The van der Waals surface area contributed by atoms with Crippen LogP contribution in [0, 0.1) is 6.92 Å². The van der Waals surface area contributed by atoms with E-state index in [1.165, 1.54) is 6.92 Å². The smallest absolute Gasteiger partial charge is 0.344 e. The molecule has 0 unspecified atom stereocenters. The lowest BCUT2D eigenvalue weighted by molar-refractivity contribution is -0.156. The molecule has 0 fully saturated rings. The highest BCUT2D eigenvalue weighted by Gasteiger charge is 2.22. The van der Waals surface area contributed by atoms with Crippen molar-refractivity contribution in [3.8, 4) is 5.75 Å². The van der Waals surface area contributed by atoms with E-state index >= 15 is 0 Å². The molecule has 0 heterocycles. The monoisotopic (exact) mass is 370 g/mol. The molecule has 138 valence electrons. The fourth-order valence-corrected chi connectivity index (χ4v) is 1.90. The second kappa shape index (κ2) is 8.71. The van der Waals surface area contributed by atoms with Crippen LogP contribution in [0.2, 0.25) is 5.02 Å². The number of carbonyl (C=O) groups excluding carboxylic acids is 3. The molecule has 0 spiro atoms.